The number of para-hydroxylation sites is 4. The third kappa shape index (κ3) is 4.61. The molecule has 0 aliphatic rings. The van der Waals surface area contributed by atoms with Crippen LogP contribution in [0.3, 0.4) is 0 Å². The minimum Gasteiger partial charge on any atom is -0.455 e. The van der Waals surface area contributed by atoms with Gasteiger partial charge in [0.15, 0.2) is 0 Å². The molecule has 248 valence electrons. The Bertz CT molecular complexity index is 3130. The van der Waals surface area contributed by atoms with Gasteiger partial charge < -0.3 is 13.9 Å². The zero-order valence-corrected chi connectivity index (χ0v) is 28.8. The molecule has 11 rings (SSSR count). The first-order chi connectivity index (χ1) is 26.3. The largest absolute Gasteiger partial charge is 0.455 e. The van der Waals surface area contributed by atoms with Crippen LogP contribution in [0.15, 0.2) is 199 Å². The Morgan fingerprint density at radius 3 is 1.70 bits per heavy atom. The van der Waals surface area contributed by atoms with Gasteiger partial charge in [0, 0.05) is 49.4 Å². The highest BCUT2D eigenvalue weighted by Gasteiger charge is 2.22. The van der Waals surface area contributed by atoms with Crippen LogP contribution in [0.4, 0.5) is 17.1 Å². The van der Waals surface area contributed by atoms with Crippen molar-refractivity contribution < 1.29 is 4.42 Å². The maximum absolute atomic E-state index is 6.77. The fraction of sp³-hybridized carbons (Fsp3) is 0. The zero-order valence-electron chi connectivity index (χ0n) is 28.8. The van der Waals surface area contributed by atoms with Crippen molar-refractivity contribution in [2.75, 3.05) is 4.90 Å². The van der Waals surface area contributed by atoms with E-state index in [4.69, 9.17) is 4.42 Å². The Labute approximate surface area is 306 Å². The second-order valence-electron chi connectivity index (χ2n) is 13.7. The van der Waals surface area contributed by atoms with E-state index < -0.39 is 0 Å². The van der Waals surface area contributed by atoms with Crippen LogP contribution in [0.5, 0.6) is 0 Å². The van der Waals surface area contributed by atoms with Crippen molar-refractivity contribution in [3.63, 3.8) is 0 Å². The van der Waals surface area contributed by atoms with Crippen LogP contribution in [0.25, 0.3) is 82.1 Å². The molecule has 3 nitrogen and oxygen atoms in total. The van der Waals surface area contributed by atoms with E-state index in [1.54, 1.807) is 0 Å². The van der Waals surface area contributed by atoms with Crippen molar-refractivity contribution in [3.8, 4) is 16.8 Å². The lowest BCUT2D eigenvalue weighted by Gasteiger charge is -2.29. The van der Waals surface area contributed by atoms with Gasteiger partial charge in [-0.2, -0.15) is 0 Å². The molecule has 0 saturated carbocycles. The van der Waals surface area contributed by atoms with Crippen LogP contribution in [-0.4, -0.2) is 4.57 Å². The maximum Gasteiger partial charge on any atom is 0.143 e. The quantitative estimate of drug-likeness (QED) is 0.181. The van der Waals surface area contributed by atoms with E-state index in [1.807, 2.05) is 0 Å². The highest BCUT2D eigenvalue weighted by atomic mass is 16.3. The molecule has 0 saturated heterocycles. The molecule has 53 heavy (non-hydrogen) atoms. The summed E-state index contributed by atoms with van der Waals surface area (Å²) in [4.78, 5) is 2.41. The van der Waals surface area contributed by atoms with Crippen LogP contribution >= 0.6 is 0 Å². The molecule has 0 fully saturated rings. The number of aromatic nitrogens is 1. The van der Waals surface area contributed by atoms with Crippen molar-refractivity contribution in [2.45, 2.75) is 0 Å². The van der Waals surface area contributed by atoms with Crippen LogP contribution in [-0.2, 0) is 0 Å². The second kappa shape index (κ2) is 11.7. The van der Waals surface area contributed by atoms with Gasteiger partial charge in [-0.25, -0.2) is 0 Å². The third-order valence-corrected chi connectivity index (χ3v) is 10.8. The molecule has 2 aromatic heterocycles. The first-order valence-electron chi connectivity index (χ1n) is 18.1. The number of rotatable bonds is 5. The van der Waals surface area contributed by atoms with Gasteiger partial charge in [-0.3, -0.25) is 0 Å². The SMILES string of the molecule is c1ccc(N(c2ccc(-n3c4ccccc4c4ccccc43)cc2)c2cccc3ccccc23)c(-c2cccc3c2oc2cc4ccccc4cc23)c1. The van der Waals surface area contributed by atoms with Crippen LogP contribution in [0, 0.1) is 0 Å². The first kappa shape index (κ1) is 29.6. The van der Waals surface area contributed by atoms with E-state index in [0.717, 1.165) is 55.8 Å². The number of benzene rings is 9. The molecule has 0 atom stereocenters. The molecule has 0 aliphatic carbocycles. The summed E-state index contributed by atoms with van der Waals surface area (Å²) in [7, 11) is 0. The molecule has 9 aromatic carbocycles. The van der Waals surface area contributed by atoms with Gasteiger partial charge in [0.05, 0.1) is 22.4 Å². The van der Waals surface area contributed by atoms with Gasteiger partial charge in [0.25, 0.3) is 0 Å². The van der Waals surface area contributed by atoms with E-state index in [9.17, 15) is 0 Å². The lowest BCUT2D eigenvalue weighted by atomic mass is 9.98. The van der Waals surface area contributed by atoms with Crippen molar-refractivity contribution in [3.05, 3.63) is 194 Å². The number of fused-ring (bicyclic) bond motifs is 8. The van der Waals surface area contributed by atoms with Crippen molar-refractivity contribution >= 4 is 82.4 Å². The maximum atomic E-state index is 6.77. The summed E-state index contributed by atoms with van der Waals surface area (Å²) in [5, 5.41) is 9.52. The van der Waals surface area contributed by atoms with Crippen molar-refractivity contribution in [2.24, 2.45) is 0 Å². The molecule has 0 bridgehead atoms. The van der Waals surface area contributed by atoms with E-state index in [1.165, 1.54) is 43.4 Å². The molecule has 0 N–H and O–H groups in total. The molecule has 11 aromatic rings. The smallest absolute Gasteiger partial charge is 0.143 e. The highest BCUT2D eigenvalue weighted by Crippen LogP contribution is 2.46. The Hall–Kier alpha value is -7.10. The first-order valence-corrected chi connectivity index (χ1v) is 18.1. The number of nitrogens with zero attached hydrogens (tertiary/aromatic N) is 2. The van der Waals surface area contributed by atoms with Crippen molar-refractivity contribution in [1.29, 1.82) is 0 Å². The Morgan fingerprint density at radius 2 is 0.925 bits per heavy atom. The summed E-state index contributed by atoms with van der Waals surface area (Å²) in [6.07, 6.45) is 0. The van der Waals surface area contributed by atoms with E-state index in [0.29, 0.717) is 0 Å². The van der Waals surface area contributed by atoms with E-state index in [-0.39, 0.29) is 0 Å². The van der Waals surface area contributed by atoms with E-state index in [2.05, 4.69) is 204 Å². The van der Waals surface area contributed by atoms with Gasteiger partial charge in [-0.1, -0.05) is 133 Å². The molecule has 0 unspecified atom stereocenters. The zero-order chi connectivity index (χ0) is 34.9. The molecule has 0 aliphatic heterocycles. The standard InChI is InChI=1S/C50H32N2O/c1-2-15-35-32-49-44(31-34(35)14-1)43-22-12-21-42(50(43)53-49)41-20-7-10-25-48(41)51(45-26-11-16-33-13-3-4-17-38(33)45)36-27-29-37(30-28-36)52-46-23-8-5-18-39(46)40-19-6-9-24-47(40)52/h1-32H. The lowest BCUT2D eigenvalue weighted by molar-refractivity contribution is 0.670. The summed E-state index contributed by atoms with van der Waals surface area (Å²) < 4.78 is 9.14. The molecule has 2 heterocycles. The predicted molar refractivity (Wildman–Crippen MR) is 223 cm³/mol. The molecule has 0 amide bonds. The molecule has 3 heteroatoms. The number of hydrogen-bond acceptors (Lipinski definition) is 2. The summed E-state index contributed by atoms with van der Waals surface area (Å²) in [5.41, 5.74) is 10.7. The highest BCUT2D eigenvalue weighted by molar-refractivity contribution is 6.14. The minimum atomic E-state index is 0.893. The molecule has 0 radical (unpaired) electrons. The van der Waals surface area contributed by atoms with Crippen LogP contribution in [0.2, 0.25) is 0 Å². The average molecular weight is 677 g/mol. The Balaban J connectivity index is 1.13. The topological polar surface area (TPSA) is 21.3 Å². The van der Waals surface area contributed by atoms with Crippen LogP contribution < -0.4 is 4.90 Å². The average Bonchev–Trinajstić information content (AvgIpc) is 3.76. The normalized spacial score (nSPS) is 11.8. The Kier molecular flexibility index (Phi) is 6.55. The minimum absolute atomic E-state index is 0.893. The molecular formula is C50H32N2O. The van der Waals surface area contributed by atoms with Crippen LogP contribution in [0.1, 0.15) is 0 Å². The number of hydrogen-bond donors (Lipinski definition) is 0. The second-order valence-corrected chi connectivity index (χ2v) is 13.7. The predicted octanol–water partition coefficient (Wildman–Crippen LogP) is 14.1. The molecular weight excluding hydrogens is 645 g/mol. The van der Waals surface area contributed by atoms with Gasteiger partial charge in [-0.15, -0.1) is 0 Å². The van der Waals surface area contributed by atoms with Gasteiger partial charge in [-0.05, 0) is 76.8 Å². The third-order valence-electron chi connectivity index (χ3n) is 10.8. The summed E-state index contributed by atoms with van der Waals surface area (Å²) in [5.74, 6) is 0. The fourth-order valence-electron chi connectivity index (χ4n) is 8.35. The summed E-state index contributed by atoms with van der Waals surface area (Å²) in [6.45, 7) is 0. The number of furan rings is 1. The van der Waals surface area contributed by atoms with E-state index >= 15 is 0 Å². The van der Waals surface area contributed by atoms with Gasteiger partial charge in [0.1, 0.15) is 11.2 Å². The summed E-state index contributed by atoms with van der Waals surface area (Å²) in [6, 6.07) is 69.7. The Morgan fingerprint density at radius 1 is 0.377 bits per heavy atom. The van der Waals surface area contributed by atoms with Crippen molar-refractivity contribution in [1.82, 2.24) is 4.57 Å². The van der Waals surface area contributed by atoms with Gasteiger partial charge in [0.2, 0.25) is 0 Å². The monoisotopic (exact) mass is 676 g/mol. The fourth-order valence-corrected chi connectivity index (χ4v) is 8.35. The number of anilines is 3. The lowest BCUT2D eigenvalue weighted by Crippen LogP contribution is -2.12. The summed E-state index contributed by atoms with van der Waals surface area (Å²) >= 11 is 0. The van der Waals surface area contributed by atoms with Gasteiger partial charge >= 0.3 is 0 Å². The molecule has 0 spiro atoms.